The SMILES string of the molecule is CC(C)CNCc1ccnc(OCCCC(F)(F)F)c1F. The molecule has 3 nitrogen and oxygen atoms in total. The van der Waals surface area contributed by atoms with Crippen LogP contribution in [0.15, 0.2) is 12.3 Å². The van der Waals surface area contributed by atoms with Crippen molar-refractivity contribution in [2.45, 2.75) is 39.4 Å². The number of nitrogens with zero attached hydrogens (tertiary/aromatic N) is 1. The molecule has 0 atom stereocenters. The molecule has 0 fully saturated rings. The minimum atomic E-state index is -4.22. The van der Waals surface area contributed by atoms with E-state index in [0.717, 1.165) is 6.54 Å². The molecular weight excluding hydrogens is 288 g/mol. The molecule has 1 N–H and O–H groups in total. The van der Waals surface area contributed by atoms with Gasteiger partial charge in [0.1, 0.15) is 0 Å². The molecule has 0 saturated heterocycles. The van der Waals surface area contributed by atoms with Crippen LogP contribution in [0.25, 0.3) is 0 Å². The minimum absolute atomic E-state index is 0.216. The van der Waals surface area contributed by atoms with Crippen molar-refractivity contribution in [2.24, 2.45) is 5.92 Å². The molecule has 1 aromatic heterocycles. The van der Waals surface area contributed by atoms with Gasteiger partial charge in [-0.1, -0.05) is 13.8 Å². The fraction of sp³-hybridized carbons (Fsp3) is 0.643. The molecule has 0 aliphatic carbocycles. The van der Waals surface area contributed by atoms with E-state index in [-0.39, 0.29) is 18.9 Å². The van der Waals surface area contributed by atoms with Gasteiger partial charge in [0.2, 0.25) is 0 Å². The van der Waals surface area contributed by atoms with Crippen molar-refractivity contribution in [3.63, 3.8) is 0 Å². The molecule has 0 radical (unpaired) electrons. The van der Waals surface area contributed by atoms with E-state index in [4.69, 9.17) is 4.74 Å². The molecule has 0 aliphatic rings. The summed E-state index contributed by atoms with van der Waals surface area (Å²) in [4.78, 5) is 3.71. The highest BCUT2D eigenvalue weighted by molar-refractivity contribution is 5.23. The summed E-state index contributed by atoms with van der Waals surface area (Å²) in [5.74, 6) is -0.435. The van der Waals surface area contributed by atoms with Crippen molar-refractivity contribution in [1.29, 1.82) is 0 Å². The average molecular weight is 308 g/mol. The Morgan fingerprint density at radius 3 is 2.67 bits per heavy atom. The molecule has 0 aliphatic heterocycles. The van der Waals surface area contributed by atoms with E-state index in [0.29, 0.717) is 18.0 Å². The summed E-state index contributed by atoms with van der Waals surface area (Å²) in [5.41, 5.74) is 0.386. The Bertz CT molecular complexity index is 435. The summed E-state index contributed by atoms with van der Waals surface area (Å²) in [6, 6.07) is 1.52. The van der Waals surface area contributed by atoms with Crippen LogP contribution in [0.3, 0.4) is 0 Å². The van der Waals surface area contributed by atoms with Crippen LogP contribution in [0.4, 0.5) is 17.6 Å². The summed E-state index contributed by atoms with van der Waals surface area (Å²) >= 11 is 0. The first-order valence-electron chi connectivity index (χ1n) is 6.83. The van der Waals surface area contributed by atoms with E-state index >= 15 is 0 Å². The Balaban J connectivity index is 2.48. The number of hydrogen-bond donors (Lipinski definition) is 1. The van der Waals surface area contributed by atoms with Crippen molar-refractivity contribution < 1.29 is 22.3 Å². The van der Waals surface area contributed by atoms with Crippen LogP contribution in [-0.2, 0) is 6.54 Å². The van der Waals surface area contributed by atoms with Gasteiger partial charge in [-0.2, -0.15) is 13.2 Å². The number of ether oxygens (including phenoxy) is 1. The third-order valence-electron chi connectivity index (χ3n) is 2.65. The van der Waals surface area contributed by atoms with Gasteiger partial charge in [-0.3, -0.25) is 0 Å². The van der Waals surface area contributed by atoms with Crippen LogP contribution < -0.4 is 10.1 Å². The minimum Gasteiger partial charge on any atom is -0.476 e. The number of alkyl halides is 3. The lowest BCUT2D eigenvalue weighted by Gasteiger charge is -2.11. The van der Waals surface area contributed by atoms with Crippen molar-refractivity contribution in [1.82, 2.24) is 10.3 Å². The zero-order chi connectivity index (χ0) is 15.9. The fourth-order valence-corrected chi connectivity index (χ4v) is 1.64. The van der Waals surface area contributed by atoms with E-state index < -0.39 is 18.4 Å². The number of pyridine rings is 1. The molecule has 7 heteroatoms. The van der Waals surface area contributed by atoms with Crippen LogP contribution >= 0.6 is 0 Å². The average Bonchev–Trinajstić information content (AvgIpc) is 2.36. The lowest BCUT2D eigenvalue weighted by molar-refractivity contribution is -0.136. The largest absolute Gasteiger partial charge is 0.476 e. The number of rotatable bonds is 8. The molecule has 0 unspecified atom stereocenters. The second-order valence-electron chi connectivity index (χ2n) is 5.18. The topological polar surface area (TPSA) is 34.2 Å². The Labute approximate surface area is 121 Å². The predicted molar refractivity (Wildman–Crippen MR) is 71.5 cm³/mol. The zero-order valence-corrected chi connectivity index (χ0v) is 12.1. The van der Waals surface area contributed by atoms with Gasteiger partial charge in [-0.15, -0.1) is 0 Å². The van der Waals surface area contributed by atoms with Gasteiger partial charge < -0.3 is 10.1 Å². The van der Waals surface area contributed by atoms with Crippen molar-refractivity contribution in [3.8, 4) is 5.88 Å². The van der Waals surface area contributed by atoms with Gasteiger partial charge in [0.25, 0.3) is 5.88 Å². The second kappa shape index (κ2) is 8.17. The first-order valence-corrected chi connectivity index (χ1v) is 6.83. The normalized spacial score (nSPS) is 12.0. The van der Waals surface area contributed by atoms with Gasteiger partial charge in [-0.05, 0) is 24.9 Å². The summed E-state index contributed by atoms with van der Waals surface area (Å²) < 4.78 is 54.9. The van der Waals surface area contributed by atoms with Gasteiger partial charge >= 0.3 is 6.18 Å². The predicted octanol–water partition coefficient (Wildman–Crippen LogP) is 3.69. The molecule has 0 bridgehead atoms. The van der Waals surface area contributed by atoms with Gasteiger partial charge in [-0.25, -0.2) is 9.37 Å². The third-order valence-corrected chi connectivity index (χ3v) is 2.65. The summed E-state index contributed by atoms with van der Waals surface area (Å²) in [5, 5.41) is 3.08. The van der Waals surface area contributed by atoms with E-state index in [1.807, 2.05) is 13.8 Å². The fourth-order valence-electron chi connectivity index (χ4n) is 1.64. The second-order valence-corrected chi connectivity index (χ2v) is 5.18. The first kappa shape index (κ1) is 17.7. The third kappa shape index (κ3) is 7.27. The standard InChI is InChI=1S/C14H20F4N2O/c1-10(2)8-19-9-11-4-6-20-13(12(11)15)21-7-3-5-14(16,17)18/h4,6,10,19H,3,5,7-9H2,1-2H3. The quantitative estimate of drug-likeness (QED) is 0.587. The van der Waals surface area contributed by atoms with E-state index in [1.54, 1.807) is 0 Å². The highest BCUT2D eigenvalue weighted by Crippen LogP contribution is 2.22. The van der Waals surface area contributed by atoms with Crippen LogP contribution in [-0.4, -0.2) is 24.3 Å². The zero-order valence-electron chi connectivity index (χ0n) is 12.1. The first-order chi connectivity index (χ1) is 9.79. The molecule has 21 heavy (non-hydrogen) atoms. The van der Waals surface area contributed by atoms with Crippen LogP contribution in [0.5, 0.6) is 5.88 Å². The summed E-state index contributed by atoms with van der Waals surface area (Å²) in [7, 11) is 0. The Morgan fingerprint density at radius 2 is 2.05 bits per heavy atom. The maximum absolute atomic E-state index is 14.0. The Kier molecular flexibility index (Phi) is 6.87. The number of nitrogens with one attached hydrogen (secondary N) is 1. The smallest absolute Gasteiger partial charge is 0.389 e. The maximum atomic E-state index is 14.0. The molecule has 0 aromatic carbocycles. The van der Waals surface area contributed by atoms with Crippen LogP contribution in [0, 0.1) is 11.7 Å². The van der Waals surface area contributed by atoms with Gasteiger partial charge in [0.15, 0.2) is 5.82 Å². The summed E-state index contributed by atoms with van der Waals surface area (Å²) in [6.07, 6.45) is -4.02. The molecule has 120 valence electrons. The number of halogens is 4. The molecule has 1 aromatic rings. The number of hydrogen-bond acceptors (Lipinski definition) is 3. The van der Waals surface area contributed by atoms with Crippen molar-refractivity contribution in [2.75, 3.05) is 13.2 Å². The Morgan fingerprint density at radius 1 is 1.33 bits per heavy atom. The van der Waals surface area contributed by atoms with E-state index in [9.17, 15) is 17.6 Å². The molecule has 0 spiro atoms. The Hall–Kier alpha value is -1.37. The summed E-state index contributed by atoms with van der Waals surface area (Å²) in [6.45, 7) is 4.91. The molecular formula is C14H20F4N2O. The van der Waals surface area contributed by atoms with E-state index in [2.05, 4.69) is 10.3 Å². The van der Waals surface area contributed by atoms with Gasteiger partial charge in [0, 0.05) is 24.7 Å². The van der Waals surface area contributed by atoms with Crippen LogP contribution in [0.1, 0.15) is 32.3 Å². The maximum Gasteiger partial charge on any atom is 0.389 e. The van der Waals surface area contributed by atoms with Gasteiger partial charge in [0.05, 0.1) is 6.61 Å². The lowest BCUT2D eigenvalue weighted by atomic mass is 10.2. The molecule has 0 amide bonds. The van der Waals surface area contributed by atoms with E-state index in [1.165, 1.54) is 12.3 Å². The van der Waals surface area contributed by atoms with Crippen molar-refractivity contribution in [3.05, 3.63) is 23.6 Å². The van der Waals surface area contributed by atoms with Crippen molar-refractivity contribution >= 4 is 0 Å². The van der Waals surface area contributed by atoms with Crippen LogP contribution in [0.2, 0.25) is 0 Å². The highest BCUT2D eigenvalue weighted by atomic mass is 19.4. The highest BCUT2D eigenvalue weighted by Gasteiger charge is 2.26. The molecule has 1 rings (SSSR count). The number of aromatic nitrogens is 1. The lowest BCUT2D eigenvalue weighted by Crippen LogP contribution is -2.20. The monoisotopic (exact) mass is 308 g/mol. The molecule has 1 heterocycles. The molecule has 0 saturated carbocycles.